The van der Waals surface area contributed by atoms with Gasteiger partial charge in [0.1, 0.15) is 12.2 Å². The van der Waals surface area contributed by atoms with Crippen molar-refractivity contribution < 1.29 is 24.2 Å². The molecule has 1 aromatic carbocycles. The molecule has 0 radical (unpaired) electrons. The minimum absolute atomic E-state index is 0.0637. The van der Waals surface area contributed by atoms with Gasteiger partial charge in [0.15, 0.2) is 0 Å². The van der Waals surface area contributed by atoms with Gasteiger partial charge < -0.3 is 24.8 Å². The number of amides is 2. The van der Waals surface area contributed by atoms with E-state index in [2.05, 4.69) is 5.32 Å². The van der Waals surface area contributed by atoms with E-state index in [4.69, 9.17) is 9.47 Å². The first-order valence-electron chi connectivity index (χ1n) is 9.34. The monoisotopic (exact) mass is 378 g/mol. The molecule has 7 heteroatoms. The zero-order valence-corrected chi connectivity index (χ0v) is 16.3. The van der Waals surface area contributed by atoms with Gasteiger partial charge in [-0.15, -0.1) is 0 Å². The van der Waals surface area contributed by atoms with E-state index in [9.17, 15) is 14.7 Å². The predicted octanol–water partition coefficient (Wildman–Crippen LogP) is 2.92. The number of alkyl carbamates (subject to hydrolysis) is 1. The molecule has 1 fully saturated rings. The number of carbonyl (C=O) groups is 2. The molecule has 7 nitrogen and oxygen atoms in total. The topological polar surface area (TPSA) is 88.1 Å². The van der Waals surface area contributed by atoms with Crippen molar-refractivity contribution in [3.8, 4) is 0 Å². The van der Waals surface area contributed by atoms with Crippen LogP contribution in [0, 0.1) is 5.92 Å². The molecule has 1 aromatic rings. The van der Waals surface area contributed by atoms with E-state index >= 15 is 0 Å². The van der Waals surface area contributed by atoms with E-state index in [1.165, 1.54) is 0 Å². The molecule has 1 aliphatic rings. The van der Waals surface area contributed by atoms with Gasteiger partial charge in [0.05, 0.1) is 0 Å². The maximum Gasteiger partial charge on any atom is 0.410 e. The number of aliphatic hydroxyl groups is 1. The third kappa shape index (κ3) is 7.09. The van der Waals surface area contributed by atoms with Gasteiger partial charge in [0.25, 0.3) is 0 Å². The Hall–Kier alpha value is -2.28. The second-order valence-electron chi connectivity index (χ2n) is 7.80. The summed E-state index contributed by atoms with van der Waals surface area (Å²) in [6, 6.07) is 9.18. The molecule has 2 unspecified atom stereocenters. The van der Waals surface area contributed by atoms with Crippen molar-refractivity contribution in [3.63, 3.8) is 0 Å². The van der Waals surface area contributed by atoms with E-state index in [-0.39, 0.29) is 31.3 Å². The van der Waals surface area contributed by atoms with Crippen molar-refractivity contribution in [2.75, 3.05) is 19.7 Å². The number of hydrogen-bond acceptors (Lipinski definition) is 5. The molecule has 150 valence electrons. The number of benzene rings is 1. The van der Waals surface area contributed by atoms with Crippen molar-refractivity contribution in [3.05, 3.63) is 35.9 Å². The molecule has 0 bridgehead atoms. The molecule has 27 heavy (non-hydrogen) atoms. The molecule has 1 heterocycles. The fourth-order valence-electron chi connectivity index (χ4n) is 3.00. The number of nitrogens with one attached hydrogen (secondary N) is 1. The summed E-state index contributed by atoms with van der Waals surface area (Å²) in [4.78, 5) is 26.0. The highest BCUT2D eigenvalue weighted by Crippen LogP contribution is 2.20. The van der Waals surface area contributed by atoms with Crippen LogP contribution in [0.3, 0.4) is 0 Å². The van der Waals surface area contributed by atoms with Crippen LogP contribution in [-0.2, 0) is 16.1 Å². The summed E-state index contributed by atoms with van der Waals surface area (Å²) in [6.45, 7) is 6.54. The van der Waals surface area contributed by atoms with Crippen molar-refractivity contribution in [2.24, 2.45) is 5.92 Å². The summed E-state index contributed by atoms with van der Waals surface area (Å²) in [6.07, 6.45) is 0.226. The number of hydrogen-bond donors (Lipinski definition) is 2. The number of ether oxygens (including phenoxy) is 2. The molecule has 1 saturated heterocycles. The summed E-state index contributed by atoms with van der Waals surface area (Å²) in [5.41, 5.74) is 0.349. The largest absolute Gasteiger partial charge is 0.445 e. The lowest BCUT2D eigenvalue weighted by atomic mass is 9.96. The second kappa shape index (κ2) is 9.60. The maximum atomic E-state index is 12.3. The zero-order valence-electron chi connectivity index (χ0n) is 16.3. The van der Waals surface area contributed by atoms with Crippen LogP contribution in [0.1, 0.15) is 39.2 Å². The quantitative estimate of drug-likeness (QED) is 0.841. The Kier molecular flexibility index (Phi) is 7.47. The van der Waals surface area contributed by atoms with Crippen molar-refractivity contribution in [2.45, 2.75) is 51.9 Å². The summed E-state index contributed by atoms with van der Waals surface area (Å²) in [7, 11) is 0. The number of rotatable bonds is 4. The van der Waals surface area contributed by atoms with Gasteiger partial charge in [-0.2, -0.15) is 0 Å². The summed E-state index contributed by atoms with van der Waals surface area (Å²) in [5, 5.41) is 12.5. The third-order valence-electron chi connectivity index (χ3n) is 4.45. The SMILES string of the molecule is CC(C)(C)OC(=O)N1CCC(CO)C(NC(=O)OCc2ccccc2)CC1. The Morgan fingerprint density at radius 2 is 1.85 bits per heavy atom. The third-order valence-corrected chi connectivity index (χ3v) is 4.45. The fraction of sp³-hybridized carbons (Fsp3) is 0.600. The Bertz CT molecular complexity index is 615. The predicted molar refractivity (Wildman–Crippen MR) is 101 cm³/mol. The Labute approximate surface area is 160 Å². The van der Waals surface area contributed by atoms with Gasteiger partial charge in [0, 0.05) is 31.7 Å². The minimum atomic E-state index is -0.557. The second-order valence-corrected chi connectivity index (χ2v) is 7.80. The van der Waals surface area contributed by atoms with Crippen LogP contribution in [-0.4, -0.2) is 53.5 Å². The smallest absolute Gasteiger partial charge is 0.410 e. The van der Waals surface area contributed by atoms with Crippen LogP contribution in [0.2, 0.25) is 0 Å². The standard InChI is InChI=1S/C20H30N2O5/c1-20(2,3)27-19(25)22-11-9-16(13-23)17(10-12-22)21-18(24)26-14-15-7-5-4-6-8-15/h4-8,16-17,23H,9-14H2,1-3H3,(H,21,24). The van der Waals surface area contributed by atoms with Gasteiger partial charge >= 0.3 is 12.2 Å². The fourth-order valence-corrected chi connectivity index (χ4v) is 3.00. The Morgan fingerprint density at radius 3 is 2.48 bits per heavy atom. The lowest BCUT2D eigenvalue weighted by Crippen LogP contribution is -2.42. The molecule has 2 rings (SSSR count). The molecule has 0 saturated carbocycles. The number of nitrogens with zero attached hydrogens (tertiary/aromatic N) is 1. The first kappa shape index (κ1) is 21.0. The minimum Gasteiger partial charge on any atom is -0.445 e. The van der Waals surface area contributed by atoms with E-state index in [1.54, 1.807) is 4.90 Å². The molecule has 2 N–H and O–H groups in total. The first-order valence-corrected chi connectivity index (χ1v) is 9.34. The first-order chi connectivity index (χ1) is 12.8. The zero-order chi connectivity index (χ0) is 19.9. The molecule has 2 atom stereocenters. The normalized spacial score (nSPS) is 20.5. The van der Waals surface area contributed by atoms with Crippen molar-refractivity contribution >= 4 is 12.2 Å². The van der Waals surface area contributed by atoms with Crippen molar-refractivity contribution in [1.82, 2.24) is 10.2 Å². The highest BCUT2D eigenvalue weighted by Gasteiger charge is 2.31. The molecule has 0 aromatic heterocycles. The van der Waals surface area contributed by atoms with E-state index in [1.807, 2.05) is 51.1 Å². The summed E-state index contributed by atoms with van der Waals surface area (Å²) < 4.78 is 10.7. The number of carbonyl (C=O) groups excluding carboxylic acids is 2. The van der Waals surface area contributed by atoms with Crippen molar-refractivity contribution in [1.29, 1.82) is 0 Å². The van der Waals surface area contributed by atoms with Gasteiger partial charge in [-0.1, -0.05) is 30.3 Å². The van der Waals surface area contributed by atoms with E-state index in [0.29, 0.717) is 25.9 Å². The highest BCUT2D eigenvalue weighted by molar-refractivity contribution is 5.69. The Morgan fingerprint density at radius 1 is 1.19 bits per heavy atom. The van der Waals surface area contributed by atoms with Crippen LogP contribution in [0.15, 0.2) is 30.3 Å². The Balaban J connectivity index is 1.88. The van der Waals surface area contributed by atoms with Gasteiger partial charge in [-0.05, 0) is 39.2 Å². The average molecular weight is 378 g/mol. The molecule has 0 aliphatic carbocycles. The van der Waals surface area contributed by atoms with Gasteiger partial charge in [-0.3, -0.25) is 0 Å². The average Bonchev–Trinajstić information content (AvgIpc) is 2.81. The summed E-state index contributed by atoms with van der Waals surface area (Å²) >= 11 is 0. The van der Waals surface area contributed by atoms with Gasteiger partial charge in [0.2, 0.25) is 0 Å². The molecular formula is C20H30N2O5. The lowest BCUT2D eigenvalue weighted by molar-refractivity contribution is 0.0253. The lowest BCUT2D eigenvalue weighted by Gasteiger charge is -2.26. The molecular weight excluding hydrogens is 348 g/mol. The van der Waals surface area contributed by atoms with E-state index < -0.39 is 11.7 Å². The number of likely N-dealkylation sites (tertiary alicyclic amines) is 1. The van der Waals surface area contributed by atoms with Gasteiger partial charge in [-0.25, -0.2) is 9.59 Å². The van der Waals surface area contributed by atoms with Crippen LogP contribution in [0.25, 0.3) is 0 Å². The van der Waals surface area contributed by atoms with Crippen LogP contribution in [0.5, 0.6) is 0 Å². The molecule has 1 aliphatic heterocycles. The maximum absolute atomic E-state index is 12.3. The molecule has 0 spiro atoms. The van der Waals surface area contributed by atoms with Crippen LogP contribution in [0.4, 0.5) is 9.59 Å². The number of aliphatic hydroxyl groups excluding tert-OH is 1. The molecule has 2 amide bonds. The highest BCUT2D eigenvalue weighted by atomic mass is 16.6. The van der Waals surface area contributed by atoms with Crippen LogP contribution >= 0.6 is 0 Å². The van der Waals surface area contributed by atoms with E-state index in [0.717, 1.165) is 5.56 Å². The van der Waals surface area contributed by atoms with Crippen LogP contribution < -0.4 is 5.32 Å². The summed E-state index contributed by atoms with van der Waals surface area (Å²) in [5.74, 6) is -0.137.